The minimum atomic E-state index is -3.58. The molecular weight excluding hydrogens is 216 g/mol. The van der Waals surface area contributed by atoms with Crippen LogP contribution in [0.5, 0.6) is 0 Å². The minimum absolute atomic E-state index is 0.147. The number of carbonyl (C=O) groups excluding carboxylic acids is 1. The second kappa shape index (κ2) is 4.90. The van der Waals surface area contributed by atoms with Crippen LogP contribution >= 0.6 is 0 Å². The van der Waals surface area contributed by atoms with E-state index in [0.29, 0.717) is 0 Å². The standard InChI is InChI=1S/C9H12N2O3S/c1-10-9(12)7-11-15(13,14)8-5-3-2-4-6-8/h2-6,11H,7H2,1H3,(H,10,12). The zero-order valence-electron chi connectivity index (χ0n) is 8.23. The fourth-order valence-electron chi connectivity index (χ4n) is 0.932. The number of amides is 1. The van der Waals surface area contributed by atoms with E-state index in [0.717, 1.165) is 0 Å². The smallest absolute Gasteiger partial charge is 0.241 e. The van der Waals surface area contributed by atoms with E-state index in [1.54, 1.807) is 18.2 Å². The number of hydrogen-bond acceptors (Lipinski definition) is 3. The molecular formula is C9H12N2O3S. The lowest BCUT2D eigenvalue weighted by Crippen LogP contribution is -2.35. The molecule has 0 unspecified atom stereocenters. The molecule has 1 aromatic carbocycles. The predicted molar refractivity (Wildman–Crippen MR) is 55.7 cm³/mol. The summed E-state index contributed by atoms with van der Waals surface area (Å²) >= 11 is 0. The first-order valence-electron chi connectivity index (χ1n) is 4.31. The summed E-state index contributed by atoms with van der Waals surface area (Å²) in [5.41, 5.74) is 0. The molecule has 2 N–H and O–H groups in total. The first-order valence-corrected chi connectivity index (χ1v) is 5.80. The van der Waals surface area contributed by atoms with Crippen LogP contribution in [0.3, 0.4) is 0 Å². The van der Waals surface area contributed by atoms with Gasteiger partial charge in [0, 0.05) is 7.05 Å². The molecule has 5 nitrogen and oxygen atoms in total. The monoisotopic (exact) mass is 228 g/mol. The van der Waals surface area contributed by atoms with Gasteiger partial charge in [0.15, 0.2) is 0 Å². The van der Waals surface area contributed by atoms with Crippen LogP contribution < -0.4 is 10.0 Å². The number of benzene rings is 1. The molecule has 0 bridgehead atoms. The van der Waals surface area contributed by atoms with Crippen LogP contribution in [0, 0.1) is 0 Å². The number of carbonyl (C=O) groups is 1. The van der Waals surface area contributed by atoms with Gasteiger partial charge in [0.2, 0.25) is 15.9 Å². The molecule has 0 aliphatic heterocycles. The number of rotatable bonds is 4. The van der Waals surface area contributed by atoms with Crippen molar-refractivity contribution in [1.82, 2.24) is 10.0 Å². The normalized spacial score (nSPS) is 11.0. The van der Waals surface area contributed by atoms with Crippen LogP contribution in [0.2, 0.25) is 0 Å². The summed E-state index contributed by atoms with van der Waals surface area (Å²) in [4.78, 5) is 11.0. The second-order valence-corrected chi connectivity index (χ2v) is 4.58. The van der Waals surface area contributed by atoms with Crippen molar-refractivity contribution in [3.05, 3.63) is 30.3 Å². The number of sulfonamides is 1. The highest BCUT2D eigenvalue weighted by Gasteiger charge is 2.13. The zero-order valence-corrected chi connectivity index (χ0v) is 9.04. The highest BCUT2D eigenvalue weighted by atomic mass is 32.2. The van der Waals surface area contributed by atoms with Gasteiger partial charge in [0.05, 0.1) is 11.4 Å². The van der Waals surface area contributed by atoms with Crippen molar-refractivity contribution in [3.8, 4) is 0 Å². The van der Waals surface area contributed by atoms with E-state index in [2.05, 4.69) is 10.0 Å². The average Bonchev–Trinajstić information content (AvgIpc) is 2.27. The third kappa shape index (κ3) is 3.34. The fourth-order valence-corrected chi connectivity index (χ4v) is 1.94. The molecule has 0 aliphatic carbocycles. The van der Waals surface area contributed by atoms with Crippen LogP contribution in [0.1, 0.15) is 0 Å². The molecule has 15 heavy (non-hydrogen) atoms. The Kier molecular flexibility index (Phi) is 3.81. The third-order valence-electron chi connectivity index (χ3n) is 1.76. The van der Waals surface area contributed by atoms with Gasteiger partial charge < -0.3 is 5.32 Å². The molecule has 0 heterocycles. The molecule has 0 aromatic heterocycles. The van der Waals surface area contributed by atoms with Gasteiger partial charge in [-0.2, -0.15) is 0 Å². The summed E-state index contributed by atoms with van der Waals surface area (Å²) < 4.78 is 25.3. The molecule has 82 valence electrons. The highest BCUT2D eigenvalue weighted by Crippen LogP contribution is 2.06. The molecule has 1 rings (SSSR count). The van der Waals surface area contributed by atoms with E-state index in [1.165, 1.54) is 19.2 Å². The van der Waals surface area contributed by atoms with Gasteiger partial charge in [-0.3, -0.25) is 4.79 Å². The first kappa shape index (κ1) is 11.7. The molecule has 0 saturated heterocycles. The SMILES string of the molecule is CNC(=O)CNS(=O)(=O)c1ccccc1. The van der Waals surface area contributed by atoms with Gasteiger partial charge in [-0.15, -0.1) is 0 Å². The quantitative estimate of drug-likeness (QED) is 0.743. The van der Waals surface area contributed by atoms with E-state index in [4.69, 9.17) is 0 Å². The van der Waals surface area contributed by atoms with Crippen molar-refractivity contribution >= 4 is 15.9 Å². The molecule has 0 fully saturated rings. The molecule has 1 amide bonds. The maximum atomic E-state index is 11.6. The van der Waals surface area contributed by atoms with Crippen molar-refractivity contribution in [2.75, 3.05) is 13.6 Å². The highest BCUT2D eigenvalue weighted by molar-refractivity contribution is 7.89. The van der Waals surface area contributed by atoms with E-state index >= 15 is 0 Å². The lowest BCUT2D eigenvalue weighted by Gasteiger charge is -2.05. The van der Waals surface area contributed by atoms with Crippen LogP contribution in [0.15, 0.2) is 35.2 Å². The average molecular weight is 228 g/mol. The van der Waals surface area contributed by atoms with Crippen molar-refractivity contribution < 1.29 is 13.2 Å². The second-order valence-electron chi connectivity index (χ2n) is 2.81. The largest absolute Gasteiger partial charge is 0.358 e. The lowest BCUT2D eigenvalue weighted by atomic mass is 10.4. The van der Waals surface area contributed by atoms with E-state index < -0.39 is 10.0 Å². The summed E-state index contributed by atoms with van der Waals surface area (Å²) in [5.74, 6) is -0.380. The fraction of sp³-hybridized carbons (Fsp3) is 0.222. The van der Waals surface area contributed by atoms with Gasteiger partial charge >= 0.3 is 0 Å². The predicted octanol–water partition coefficient (Wildman–Crippen LogP) is -0.289. The summed E-state index contributed by atoms with van der Waals surface area (Å²) in [7, 11) is -2.13. The minimum Gasteiger partial charge on any atom is -0.358 e. The molecule has 1 aromatic rings. The Hall–Kier alpha value is -1.40. The van der Waals surface area contributed by atoms with Gasteiger partial charge in [0.25, 0.3) is 0 Å². The van der Waals surface area contributed by atoms with Gasteiger partial charge in [-0.05, 0) is 12.1 Å². The Morgan fingerprint density at radius 3 is 2.40 bits per heavy atom. The Bertz CT molecular complexity index is 428. The van der Waals surface area contributed by atoms with Crippen LogP contribution in [-0.4, -0.2) is 27.9 Å². The summed E-state index contributed by atoms with van der Waals surface area (Å²) in [6.07, 6.45) is 0. The number of likely N-dealkylation sites (N-methyl/N-ethyl adjacent to an activating group) is 1. The first-order chi connectivity index (χ1) is 7.06. The van der Waals surface area contributed by atoms with Crippen LogP contribution in [-0.2, 0) is 14.8 Å². The van der Waals surface area contributed by atoms with Crippen molar-refractivity contribution in [3.63, 3.8) is 0 Å². The topological polar surface area (TPSA) is 75.3 Å². The molecule has 0 aliphatic rings. The third-order valence-corrected chi connectivity index (χ3v) is 3.17. The molecule has 0 saturated carbocycles. The molecule has 0 atom stereocenters. The van der Waals surface area contributed by atoms with Crippen molar-refractivity contribution in [2.45, 2.75) is 4.90 Å². The zero-order chi connectivity index (χ0) is 11.3. The summed E-state index contributed by atoms with van der Waals surface area (Å²) in [5, 5.41) is 2.32. The van der Waals surface area contributed by atoms with Crippen molar-refractivity contribution in [2.24, 2.45) is 0 Å². The van der Waals surface area contributed by atoms with Gasteiger partial charge in [-0.25, -0.2) is 13.1 Å². The Balaban J connectivity index is 2.73. The van der Waals surface area contributed by atoms with Gasteiger partial charge in [-0.1, -0.05) is 18.2 Å². The Morgan fingerprint density at radius 2 is 1.87 bits per heavy atom. The molecule has 6 heteroatoms. The number of hydrogen-bond donors (Lipinski definition) is 2. The maximum absolute atomic E-state index is 11.6. The van der Waals surface area contributed by atoms with E-state index in [9.17, 15) is 13.2 Å². The molecule has 0 radical (unpaired) electrons. The van der Waals surface area contributed by atoms with E-state index in [1.807, 2.05) is 0 Å². The van der Waals surface area contributed by atoms with Crippen molar-refractivity contribution in [1.29, 1.82) is 0 Å². The lowest BCUT2D eigenvalue weighted by molar-refractivity contribution is -0.119. The summed E-state index contributed by atoms with van der Waals surface area (Å²) in [6, 6.07) is 7.89. The summed E-state index contributed by atoms with van der Waals surface area (Å²) in [6.45, 7) is -0.256. The van der Waals surface area contributed by atoms with Crippen LogP contribution in [0.25, 0.3) is 0 Å². The molecule has 0 spiro atoms. The Labute approximate surface area is 88.5 Å². The van der Waals surface area contributed by atoms with Gasteiger partial charge in [0.1, 0.15) is 0 Å². The maximum Gasteiger partial charge on any atom is 0.241 e. The number of nitrogens with one attached hydrogen (secondary N) is 2. The van der Waals surface area contributed by atoms with E-state index in [-0.39, 0.29) is 17.3 Å². The Morgan fingerprint density at radius 1 is 1.27 bits per heavy atom. The van der Waals surface area contributed by atoms with Crippen LogP contribution in [0.4, 0.5) is 0 Å².